The van der Waals surface area contributed by atoms with Crippen LogP contribution in [0.15, 0.2) is 0 Å². The van der Waals surface area contributed by atoms with Crippen molar-refractivity contribution in [2.45, 2.75) is 11.1 Å². The first-order chi connectivity index (χ1) is 3.27. The van der Waals surface area contributed by atoms with E-state index in [9.17, 15) is 6.65 Å². The molecule has 0 saturated carbocycles. The minimum atomic E-state index is -2.99. The molecule has 0 heterocycles. The Balaban J connectivity index is 2.98. The van der Waals surface area contributed by atoms with Gasteiger partial charge in [-0.3, -0.25) is 0 Å². The Labute approximate surface area is 48.4 Å². The number of rotatable bonds is 3. The van der Waals surface area contributed by atoms with Crippen molar-refractivity contribution >= 4 is 0 Å². The normalized spacial score (nSPS) is 8.71. The van der Waals surface area contributed by atoms with E-state index < -0.39 is 17.8 Å². The first-order valence-electron chi connectivity index (χ1n) is 2.17. The van der Waals surface area contributed by atoms with Gasteiger partial charge >= 0.3 is 47.9 Å². The summed E-state index contributed by atoms with van der Waals surface area (Å²) in [5.41, 5.74) is 5.03. The molecule has 0 radical (unpaired) electrons. The second-order valence-corrected chi connectivity index (χ2v) is 3.21. The molecule has 0 aromatic heterocycles. The van der Waals surface area contributed by atoms with Crippen LogP contribution in [0, 0.1) is 0 Å². The summed E-state index contributed by atoms with van der Waals surface area (Å²) in [7, 11) is 0. The van der Waals surface area contributed by atoms with E-state index in [-0.39, 0.29) is 0 Å². The van der Waals surface area contributed by atoms with E-state index in [1.807, 2.05) is 0 Å². The molecular formula is C3H8NO2Ti. The number of nitrogens with two attached hydrogens (primary N) is 1. The molecule has 0 amide bonds. The van der Waals surface area contributed by atoms with E-state index in [1.165, 1.54) is 0 Å². The Bertz CT molecular complexity index is 91.1. The summed E-state index contributed by atoms with van der Waals surface area (Å²) in [5.74, 6) is 0. The molecule has 0 aliphatic carbocycles. The monoisotopic (exact) mass is 138 g/mol. The molecule has 0 saturated heterocycles. The summed E-state index contributed by atoms with van der Waals surface area (Å²) in [4.78, 5) is 0. The summed E-state index contributed by atoms with van der Waals surface area (Å²) in [5, 5.41) is 0. The fourth-order valence-electron chi connectivity index (χ4n) is 0.246. The summed E-state index contributed by atoms with van der Waals surface area (Å²) >= 11 is -2.99. The summed E-state index contributed by atoms with van der Waals surface area (Å²) in [6, 6.07) is 0. The van der Waals surface area contributed by atoms with Gasteiger partial charge in [0.2, 0.25) is 0 Å². The third kappa shape index (κ3) is 6.27. The van der Waals surface area contributed by atoms with E-state index in [4.69, 9.17) is 5.73 Å². The average molecular weight is 138 g/mol. The molecule has 0 aromatic carbocycles. The van der Waals surface area contributed by atoms with Crippen LogP contribution in [0.2, 0.25) is 4.73 Å². The Morgan fingerprint density at radius 3 is 2.14 bits per heavy atom. The van der Waals surface area contributed by atoms with Crippen LogP contribution in [-0.4, -0.2) is 6.54 Å². The van der Waals surface area contributed by atoms with E-state index in [0.29, 0.717) is 17.7 Å². The molecule has 0 unspecified atom stereocenters. The molecule has 0 aliphatic rings. The van der Waals surface area contributed by atoms with Gasteiger partial charge in [0.05, 0.1) is 0 Å². The topological polar surface area (TPSA) is 60.2 Å². The van der Waals surface area contributed by atoms with Crippen LogP contribution in [0.3, 0.4) is 0 Å². The van der Waals surface area contributed by atoms with Crippen LogP contribution in [0.1, 0.15) is 6.42 Å². The molecule has 0 fully saturated rings. The number of hydrogen-bond acceptors (Lipinski definition) is 3. The maximum absolute atomic E-state index is 9.84. The van der Waals surface area contributed by atoms with Crippen LogP contribution in [0.5, 0.6) is 0 Å². The van der Waals surface area contributed by atoms with Crippen molar-refractivity contribution in [2.75, 3.05) is 6.54 Å². The zero-order valence-corrected chi connectivity index (χ0v) is 5.58. The van der Waals surface area contributed by atoms with Gasteiger partial charge in [-0.1, -0.05) is 0 Å². The van der Waals surface area contributed by atoms with Crippen LogP contribution in [0.25, 0.3) is 0 Å². The van der Waals surface area contributed by atoms with Crippen molar-refractivity contribution in [1.82, 2.24) is 0 Å². The van der Waals surface area contributed by atoms with Crippen molar-refractivity contribution in [2.24, 2.45) is 5.73 Å². The van der Waals surface area contributed by atoms with E-state index in [2.05, 4.69) is 0 Å². The first-order valence-corrected chi connectivity index (χ1v) is 4.55. The van der Waals surface area contributed by atoms with Gasteiger partial charge in [0.25, 0.3) is 0 Å². The molecule has 3 nitrogen and oxygen atoms in total. The predicted molar refractivity (Wildman–Crippen MR) is 19.9 cm³/mol. The average Bonchev–Trinajstić information content (AvgIpc) is 1.61. The fraction of sp³-hybridized carbons (Fsp3) is 1.00. The standard InChI is InChI=1S/C3H8N.2O.Ti/c1-2-3-4;;;/h1-4H2;;;. The van der Waals surface area contributed by atoms with Crippen LogP contribution >= 0.6 is 0 Å². The van der Waals surface area contributed by atoms with Crippen molar-refractivity contribution < 1.29 is 24.5 Å². The molecule has 0 spiro atoms. The van der Waals surface area contributed by atoms with Gasteiger partial charge in [0.15, 0.2) is 0 Å². The van der Waals surface area contributed by atoms with Crippen molar-refractivity contribution in [3.05, 3.63) is 0 Å². The van der Waals surface area contributed by atoms with Gasteiger partial charge in [-0.25, -0.2) is 0 Å². The Morgan fingerprint density at radius 1 is 1.43 bits per heavy atom. The molecule has 7 heavy (non-hydrogen) atoms. The first kappa shape index (κ1) is 7.27. The van der Waals surface area contributed by atoms with Gasteiger partial charge < -0.3 is 0 Å². The minimum absolute atomic E-state index is 0.330. The molecule has 4 heteroatoms. The Morgan fingerprint density at radius 2 is 2.00 bits per heavy atom. The SMILES string of the molecule is NCC[CH2][Ti](=[O])=[O]. The second kappa shape index (κ2) is 4.43. The quantitative estimate of drug-likeness (QED) is 0.561. The summed E-state index contributed by atoms with van der Waals surface area (Å²) < 4.78 is 20.0. The zero-order valence-electron chi connectivity index (χ0n) is 4.02. The summed E-state index contributed by atoms with van der Waals surface area (Å²) in [6.07, 6.45) is 0.627. The van der Waals surface area contributed by atoms with Gasteiger partial charge in [-0.15, -0.1) is 0 Å². The Hall–Kier alpha value is 0.274. The molecule has 0 atom stereocenters. The zero-order chi connectivity index (χ0) is 5.70. The predicted octanol–water partition coefficient (Wildman–Crippen LogP) is 0.0627. The molecule has 0 aliphatic heterocycles. The van der Waals surface area contributed by atoms with Crippen LogP contribution < -0.4 is 5.73 Å². The van der Waals surface area contributed by atoms with Crippen LogP contribution in [-0.2, 0) is 24.5 Å². The van der Waals surface area contributed by atoms with Gasteiger partial charge in [0.1, 0.15) is 0 Å². The third-order valence-corrected chi connectivity index (χ3v) is 1.77. The summed E-state index contributed by atoms with van der Waals surface area (Å²) in [6.45, 7) is 0.487. The van der Waals surface area contributed by atoms with Gasteiger partial charge in [-0.2, -0.15) is 0 Å². The second-order valence-electron chi connectivity index (χ2n) is 1.26. The van der Waals surface area contributed by atoms with Crippen molar-refractivity contribution in [1.29, 1.82) is 0 Å². The third-order valence-electron chi connectivity index (χ3n) is 0.585. The van der Waals surface area contributed by atoms with E-state index >= 15 is 0 Å². The van der Waals surface area contributed by atoms with Crippen LogP contribution in [0.4, 0.5) is 0 Å². The number of hydrogen-bond donors (Lipinski definition) is 1. The molecule has 41 valence electrons. The van der Waals surface area contributed by atoms with Crippen molar-refractivity contribution in [3.8, 4) is 0 Å². The Kier molecular flexibility index (Phi) is 4.61. The van der Waals surface area contributed by atoms with Crippen molar-refractivity contribution in [3.63, 3.8) is 0 Å². The molecule has 0 bridgehead atoms. The molecule has 0 aromatic rings. The molecule has 2 N–H and O–H groups in total. The maximum atomic E-state index is 9.84. The van der Waals surface area contributed by atoms with E-state index in [0.717, 1.165) is 0 Å². The molecular weight excluding hydrogens is 130 g/mol. The van der Waals surface area contributed by atoms with Gasteiger partial charge in [0, 0.05) is 0 Å². The van der Waals surface area contributed by atoms with Gasteiger partial charge in [-0.05, 0) is 0 Å². The fourth-order valence-corrected chi connectivity index (χ4v) is 1.02. The molecule has 0 rings (SSSR count). The van der Waals surface area contributed by atoms with E-state index in [1.54, 1.807) is 0 Å².